The molecule has 12 heteroatoms. The third-order valence-corrected chi connectivity index (χ3v) is 10.1. The summed E-state index contributed by atoms with van der Waals surface area (Å²) in [7, 11) is 0. The van der Waals surface area contributed by atoms with Gasteiger partial charge in [0.25, 0.3) is 0 Å². The maximum absolute atomic E-state index is 12.8. The maximum Gasteiger partial charge on any atom is 0.338 e. The highest BCUT2D eigenvalue weighted by Gasteiger charge is 2.28. The molecule has 0 saturated heterocycles. The molecular weight excluding hydrogens is 719 g/mol. The zero-order valence-corrected chi connectivity index (χ0v) is 35.5. The van der Waals surface area contributed by atoms with Gasteiger partial charge in [0.05, 0.1) is 18.8 Å². The largest absolute Gasteiger partial charge is 0.462 e. The molecule has 6 atom stereocenters. The number of nitrogens with one attached hydrogen (secondary N) is 6. The van der Waals surface area contributed by atoms with Crippen LogP contribution in [0.5, 0.6) is 0 Å². The van der Waals surface area contributed by atoms with Crippen molar-refractivity contribution in [3.8, 4) is 0 Å². The third kappa shape index (κ3) is 15.2. The van der Waals surface area contributed by atoms with E-state index in [0.717, 1.165) is 74.0 Å². The van der Waals surface area contributed by atoms with Crippen LogP contribution >= 0.6 is 0 Å². The van der Waals surface area contributed by atoms with E-state index in [1.807, 2.05) is 81.4 Å². The normalized spacial score (nSPS) is 18.3. The van der Waals surface area contributed by atoms with E-state index in [2.05, 4.69) is 59.6 Å². The van der Waals surface area contributed by atoms with Crippen molar-refractivity contribution in [2.75, 3.05) is 29.2 Å². The second-order valence-corrected chi connectivity index (χ2v) is 16.4. The standard InChI is InChI=1S/C45H69N7O5/c1-9-13-15-31(11-3)29-56-39(53)33-17-23-36(24-18-33)46-41-49-42(47-37-25-19-34(20-26-37)40(54)57-30-32(12-4)16-14-10-2)51-43(50-41)48-38-27-21-35(22-28-38)45(8,55)52-44(5,6)7/h17-28,31-32,39,42-43,47-48,51-53,55H,9-16,29-30H2,1-8H3,(H2,46,49,50). The first-order valence-electron chi connectivity index (χ1n) is 20.9. The van der Waals surface area contributed by atoms with Crippen LogP contribution in [-0.2, 0) is 15.2 Å². The average molecular weight is 788 g/mol. The molecule has 1 heterocycles. The van der Waals surface area contributed by atoms with Crippen LogP contribution in [0.25, 0.3) is 0 Å². The van der Waals surface area contributed by atoms with Gasteiger partial charge in [-0.1, -0.05) is 90.5 Å². The van der Waals surface area contributed by atoms with E-state index >= 15 is 0 Å². The SMILES string of the molecule is CCCCC(CC)COC(=O)c1ccc(NC2NC(Nc3ccc(C(O)OCC(CC)CCCC)cc3)=NC(Nc3ccc(C(C)(O)NC(C)(C)C)cc3)N2)cc1. The number of ether oxygens (including phenoxy) is 2. The highest BCUT2D eigenvalue weighted by atomic mass is 16.6. The molecule has 1 aliphatic heterocycles. The molecule has 57 heavy (non-hydrogen) atoms. The summed E-state index contributed by atoms with van der Waals surface area (Å²) in [6.07, 6.45) is 6.68. The van der Waals surface area contributed by atoms with Gasteiger partial charge >= 0.3 is 5.97 Å². The Morgan fingerprint density at radius 3 is 1.93 bits per heavy atom. The van der Waals surface area contributed by atoms with Crippen LogP contribution in [0.2, 0.25) is 0 Å². The van der Waals surface area contributed by atoms with Crippen LogP contribution in [0.3, 0.4) is 0 Å². The molecule has 1 aliphatic rings. The van der Waals surface area contributed by atoms with E-state index < -0.39 is 24.6 Å². The Morgan fingerprint density at radius 1 is 0.789 bits per heavy atom. The second-order valence-electron chi connectivity index (χ2n) is 16.4. The fourth-order valence-corrected chi connectivity index (χ4v) is 6.74. The molecule has 0 amide bonds. The molecule has 8 N–H and O–H groups in total. The number of nitrogens with zero attached hydrogens (tertiary/aromatic N) is 1. The van der Waals surface area contributed by atoms with Crippen LogP contribution in [-0.4, -0.2) is 53.5 Å². The quantitative estimate of drug-likeness (QED) is 0.0364. The average Bonchev–Trinajstić information content (AvgIpc) is 3.17. The molecule has 0 radical (unpaired) electrons. The number of benzene rings is 3. The molecule has 0 aliphatic carbocycles. The van der Waals surface area contributed by atoms with Crippen LogP contribution in [0, 0.1) is 11.8 Å². The number of aliphatic hydroxyl groups is 2. The Balaban J connectivity index is 1.45. The van der Waals surface area contributed by atoms with Gasteiger partial charge in [-0.25, -0.2) is 15.1 Å². The fraction of sp³-hybridized carbons (Fsp3) is 0.556. The number of guanidine groups is 1. The van der Waals surface area contributed by atoms with Crippen LogP contribution < -0.4 is 31.9 Å². The molecule has 0 bridgehead atoms. The summed E-state index contributed by atoms with van der Waals surface area (Å²) >= 11 is 0. The van der Waals surface area contributed by atoms with E-state index in [9.17, 15) is 15.0 Å². The summed E-state index contributed by atoms with van der Waals surface area (Å²) < 4.78 is 11.5. The number of aliphatic imine (C=N–C) groups is 1. The maximum atomic E-state index is 12.8. The first-order valence-corrected chi connectivity index (χ1v) is 20.9. The van der Waals surface area contributed by atoms with Gasteiger partial charge in [-0.15, -0.1) is 0 Å². The first-order chi connectivity index (χ1) is 27.2. The number of anilines is 3. The van der Waals surface area contributed by atoms with Gasteiger partial charge in [-0.05, 0) is 106 Å². The van der Waals surface area contributed by atoms with E-state index in [4.69, 9.17) is 14.5 Å². The van der Waals surface area contributed by atoms with Crippen molar-refractivity contribution in [1.29, 1.82) is 0 Å². The lowest BCUT2D eigenvalue weighted by molar-refractivity contribution is -0.114. The predicted molar refractivity (Wildman–Crippen MR) is 232 cm³/mol. The Bertz CT molecular complexity index is 1660. The van der Waals surface area contributed by atoms with Gasteiger partial charge in [0, 0.05) is 28.2 Å². The monoisotopic (exact) mass is 788 g/mol. The van der Waals surface area contributed by atoms with Gasteiger partial charge < -0.3 is 41.0 Å². The van der Waals surface area contributed by atoms with E-state index in [-0.39, 0.29) is 11.5 Å². The molecule has 0 spiro atoms. The summed E-state index contributed by atoms with van der Waals surface area (Å²) in [5, 5.41) is 42.2. The molecule has 0 aromatic heterocycles. The topological polar surface area (TPSA) is 161 Å². The van der Waals surface area contributed by atoms with Crippen LogP contribution in [0.1, 0.15) is 135 Å². The minimum absolute atomic E-state index is 0.282. The summed E-state index contributed by atoms with van der Waals surface area (Å²) in [5.74, 6) is 0.981. The number of carbonyl (C=O) groups excluding carboxylic acids is 1. The van der Waals surface area contributed by atoms with E-state index in [0.29, 0.717) is 42.1 Å². The molecular formula is C45H69N7O5. The van der Waals surface area contributed by atoms with Gasteiger partial charge in [0.1, 0.15) is 5.72 Å². The molecule has 6 unspecified atom stereocenters. The van der Waals surface area contributed by atoms with Crippen LogP contribution in [0.4, 0.5) is 17.1 Å². The number of carbonyl (C=O) groups is 1. The summed E-state index contributed by atoms with van der Waals surface area (Å²) in [4.78, 5) is 17.7. The van der Waals surface area contributed by atoms with E-state index in [1.54, 1.807) is 19.1 Å². The number of unbranched alkanes of at least 4 members (excludes halogenated alkanes) is 2. The van der Waals surface area contributed by atoms with Crippen molar-refractivity contribution < 1.29 is 24.5 Å². The van der Waals surface area contributed by atoms with Crippen molar-refractivity contribution in [2.45, 2.75) is 137 Å². The van der Waals surface area contributed by atoms with Gasteiger partial charge in [-0.2, -0.15) is 0 Å². The van der Waals surface area contributed by atoms with Crippen molar-refractivity contribution >= 4 is 29.0 Å². The predicted octanol–water partition coefficient (Wildman–Crippen LogP) is 8.59. The molecule has 314 valence electrons. The number of esters is 1. The molecule has 12 nitrogen and oxygen atoms in total. The van der Waals surface area contributed by atoms with Gasteiger partial charge in [-0.3, -0.25) is 5.32 Å². The third-order valence-electron chi connectivity index (χ3n) is 10.1. The molecule has 3 aromatic rings. The minimum atomic E-state index is -1.21. The Kier molecular flexibility index (Phi) is 17.6. The van der Waals surface area contributed by atoms with Crippen molar-refractivity contribution in [3.05, 3.63) is 89.5 Å². The van der Waals surface area contributed by atoms with Crippen LogP contribution in [0.15, 0.2) is 77.8 Å². The van der Waals surface area contributed by atoms with Gasteiger partial charge in [0.15, 0.2) is 18.9 Å². The smallest absolute Gasteiger partial charge is 0.338 e. The molecule has 0 saturated carbocycles. The lowest BCUT2D eigenvalue weighted by atomic mass is 9.99. The molecule has 3 aromatic carbocycles. The zero-order valence-electron chi connectivity index (χ0n) is 35.5. The Morgan fingerprint density at radius 2 is 1.35 bits per heavy atom. The lowest BCUT2D eigenvalue weighted by Crippen LogP contribution is -2.61. The lowest BCUT2D eigenvalue weighted by Gasteiger charge is -2.34. The highest BCUT2D eigenvalue weighted by molar-refractivity contribution is 5.94. The zero-order chi connectivity index (χ0) is 41.4. The highest BCUT2D eigenvalue weighted by Crippen LogP contribution is 2.25. The molecule has 0 fully saturated rings. The van der Waals surface area contributed by atoms with E-state index in [1.165, 1.54) is 0 Å². The summed E-state index contributed by atoms with van der Waals surface area (Å²) in [6, 6.07) is 22.3. The minimum Gasteiger partial charge on any atom is -0.462 e. The second kappa shape index (κ2) is 22.1. The van der Waals surface area contributed by atoms with Crippen molar-refractivity contribution in [3.63, 3.8) is 0 Å². The number of aliphatic hydroxyl groups excluding tert-OH is 1. The van der Waals surface area contributed by atoms with Gasteiger partial charge in [0.2, 0.25) is 5.96 Å². The number of hydrogen-bond acceptors (Lipinski definition) is 12. The molecule has 4 rings (SSSR count). The number of rotatable bonds is 22. The number of hydrogen-bond donors (Lipinski definition) is 8. The van der Waals surface area contributed by atoms with Crippen molar-refractivity contribution in [1.82, 2.24) is 16.0 Å². The summed E-state index contributed by atoms with van der Waals surface area (Å²) in [6.45, 7) is 17.4. The Labute approximate surface area is 341 Å². The first kappa shape index (κ1) is 45.5. The summed E-state index contributed by atoms with van der Waals surface area (Å²) in [5.41, 5.74) is 2.77. The fourth-order valence-electron chi connectivity index (χ4n) is 6.74. The Hall–Kier alpha value is -4.20. The van der Waals surface area contributed by atoms with Crippen molar-refractivity contribution in [2.24, 2.45) is 16.8 Å².